The van der Waals surface area contributed by atoms with Gasteiger partial charge in [0.25, 0.3) is 5.56 Å². The third kappa shape index (κ3) is 3.71. The SMILES string of the molecule is COC(=O)C1=C(N)Oc2cc(C)n(Cc3cccnc3)c(=O)c2C1c1ccc(OC)cc1. The number of carbonyl (C=O) groups excluding carboxylic acids is 1. The number of pyridine rings is 2. The van der Waals surface area contributed by atoms with E-state index < -0.39 is 11.9 Å². The molecule has 0 saturated heterocycles. The van der Waals surface area contributed by atoms with Crippen LogP contribution in [-0.4, -0.2) is 29.7 Å². The molecule has 0 amide bonds. The van der Waals surface area contributed by atoms with Crippen LogP contribution in [0.15, 0.2) is 71.1 Å². The molecule has 0 saturated carbocycles. The van der Waals surface area contributed by atoms with Crippen LogP contribution in [0, 0.1) is 6.92 Å². The lowest BCUT2D eigenvalue weighted by molar-refractivity contribution is -0.136. The summed E-state index contributed by atoms with van der Waals surface area (Å²) in [6, 6.07) is 12.6. The Morgan fingerprint density at radius 3 is 2.59 bits per heavy atom. The second-order valence-corrected chi connectivity index (χ2v) is 7.39. The van der Waals surface area contributed by atoms with Gasteiger partial charge in [-0.1, -0.05) is 18.2 Å². The summed E-state index contributed by atoms with van der Waals surface area (Å²) in [6.45, 7) is 2.15. The Balaban J connectivity index is 1.93. The molecule has 1 aromatic carbocycles. The Morgan fingerprint density at radius 1 is 1.22 bits per heavy atom. The number of nitrogens with two attached hydrogens (primary N) is 1. The van der Waals surface area contributed by atoms with Crippen LogP contribution in [0.1, 0.15) is 28.3 Å². The van der Waals surface area contributed by atoms with Gasteiger partial charge in [0.1, 0.15) is 17.1 Å². The summed E-state index contributed by atoms with van der Waals surface area (Å²) in [5, 5.41) is 0. The molecule has 0 fully saturated rings. The maximum Gasteiger partial charge on any atom is 0.340 e. The lowest BCUT2D eigenvalue weighted by Crippen LogP contribution is -2.35. The van der Waals surface area contributed by atoms with Crippen LogP contribution >= 0.6 is 0 Å². The van der Waals surface area contributed by atoms with E-state index >= 15 is 0 Å². The van der Waals surface area contributed by atoms with Crippen molar-refractivity contribution in [2.45, 2.75) is 19.4 Å². The van der Waals surface area contributed by atoms with Gasteiger partial charge in [0, 0.05) is 24.2 Å². The fraction of sp³-hybridized carbons (Fsp3) is 0.208. The lowest BCUT2D eigenvalue weighted by Gasteiger charge is -2.29. The van der Waals surface area contributed by atoms with Crippen LogP contribution < -0.4 is 20.8 Å². The monoisotopic (exact) mass is 433 g/mol. The quantitative estimate of drug-likeness (QED) is 0.616. The van der Waals surface area contributed by atoms with Crippen molar-refractivity contribution >= 4 is 5.97 Å². The van der Waals surface area contributed by atoms with Gasteiger partial charge in [-0.2, -0.15) is 0 Å². The molecule has 1 atom stereocenters. The van der Waals surface area contributed by atoms with Gasteiger partial charge in [-0.05, 0) is 36.2 Å². The maximum absolute atomic E-state index is 13.7. The van der Waals surface area contributed by atoms with E-state index in [1.54, 1.807) is 54.4 Å². The van der Waals surface area contributed by atoms with E-state index in [1.807, 2.05) is 19.1 Å². The first-order valence-electron chi connectivity index (χ1n) is 9.97. The van der Waals surface area contributed by atoms with Gasteiger partial charge >= 0.3 is 5.97 Å². The summed E-state index contributed by atoms with van der Waals surface area (Å²) in [4.78, 5) is 30.5. The van der Waals surface area contributed by atoms with Gasteiger partial charge in [0.05, 0.1) is 32.2 Å². The van der Waals surface area contributed by atoms with Crippen LogP contribution in [-0.2, 0) is 16.1 Å². The first kappa shape index (κ1) is 21.2. The zero-order valence-corrected chi connectivity index (χ0v) is 18.0. The highest BCUT2D eigenvalue weighted by Crippen LogP contribution is 2.41. The van der Waals surface area contributed by atoms with Gasteiger partial charge in [0.15, 0.2) is 0 Å². The number of hydrogen-bond donors (Lipinski definition) is 1. The minimum atomic E-state index is -0.759. The molecule has 8 nitrogen and oxygen atoms in total. The maximum atomic E-state index is 13.7. The summed E-state index contributed by atoms with van der Waals surface area (Å²) in [6.07, 6.45) is 3.39. The molecular formula is C24H23N3O5. The van der Waals surface area contributed by atoms with Crippen LogP contribution in [0.3, 0.4) is 0 Å². The lowest BCUT2D eigenvalue weighted by atomic mass is 9.83. The Labute approximate surface area is 184 Å². The van der Waals surface area contributed by atoms with Crippen molar-refractivity contribution in [1.29, 1.82) is 0 Å². The van der Waals surface area contributed by atoms with Crippen LogP contribution in [0.2, 0.25) is 0 Å². The van der Waals surface area contributed by atoms with Crippen molar-refractivity contribution in [1.82, 2.24) is 9.55 Å². The van der Waals surface area contributed by atoms with Crippen molar-refractivity contribution in [3.63, 3.8) is 0 Å². The normalized spacial score (nSPS) is 15.0. The number of methoxy groups -OCH3 is 2. The third-order valence-corrected chi connectivity index (χ3v) is 5.49. The summed E-state index contributed by atoms with van der Waals surface area (Å²) in [5.41, 5.74) is 8.51. The molecule has 32 heavy (non-hydrogen) atoms. The topological polar surface area (TPSA) is 106 Å². The Kier molecular flexibility index (Phi) is 5.68. The molecule has 3 aromatic rings. The van der Waals surface area contributed by atoms with Crippen LogP contribution in [0.4, 0.5) is 0 Å². The number of ether oxygens (including phenoxy) is 3. The molecule has 2 aromatic heterocycles. The summed E-state index contributed by atoms with van der Waals surface area (Å²) >= 11 is 0. The zero-order valence-electron chi connectivity index (χ0n) is 18.0. The molecule has 3 heterocycles. The molecule has 164 valence electrons. The first-order valence-corrected chi connectivity index (χ1v) is 9.97. The fourth-order valence-corrected chi connectivity index (χ4v) is 3.90. The van der Waals surface area contributed by atoms with Gasteiger partial charge < -0.3 is 24.5 Å². The Morgan fingerprint density at radius 2 is 1.97 bits per heavy atom. The number of rotatable bonds is 5. The molecule has 8 heteroatoms. The highest BCUT2D eigenvalue weighted by molar-refractivity contribution is 5.92. The Bertz CT molecular complexity index is 1250. The largest absolute Gasteiger partial charge is 0.497 e. The molecule has 0 spiro atoms. The number of fused-ring (bicyclic) bond motifs is 1. The molecule has 1 aliphatic heterocycles. The molecule has 1 aliphatic rings. The average Bonchev–Trinajstić information content (AvgIpc) is 2.81. The second kappa shape index (κ2) is 8.58. The van der Waals surface area contributed by atoms with Gasteiger partial charge in [0.2, 0.25) is 5.88 Å². The molecule has 4 rings (SSSR count). The minimum Gasteiger partial charge on any atom is -0.497 e. The van der Waals surface area contributed by atoms with Gasteiger partial charge in [-0.3, -0.25) is 9.78 Å². The molecule has 1 unspecified atom stereocenters. The fourth-order valence-electron chi connectivity index (χ4n) is 3.90. The van der Waals surface area contributed by atoms with Crippen LogP contribution in [0.25, 0.3) is 0 Å². The number of aromatic nitrogens is 2. The van der Waals surface area contributed by atoms with E-state index in [2.05, 4.69) is 4.98 Å². The van der Waals surface area contributed by atoms with Crippen molar-refractivity contribution in [2.24, 2.45) is 5.73 Å². The molecule has 2 N–H and O–H groups in total. The van der Waals surface area contributed by atoms with Crippen molar-refractivity contribution in [2.75, 3.05) is 14.2 Å². The smallest absolute Gasteiger partial charge is 0.340 e. The number of esters is 1. The first-order chi connectivity index (χ1) is 15.4. The van der Waals surface area contributed by atoms with E-state index in [4.69, 9.17) is 19.9 Å². The zero-order chi connectivity index (χ0) is 22.8. The van der Waals surface area contributed by atoms with E-state index in [-0.39, 0.29) is 17.0 Å². The number of aryl methyl sites for hydroxylation is 1. The number of carbonyl (C=O) groups is 1. The van der Waals surface area contributed by atoms with Crippen molar-refractivity contribution < 1.29 is 19.0 Å². The summed E-state index contributed by atoms with van der Waals surface area (Å²) in [7, 11) is 2.83. The number of benzene rings is 1. The standard InChI is InChI=1S/C24H23N3O5/c1-14-11-18-20(23(28)27(14)13-15-5-4-10-26-12-15)19(16-6-8-17(30-2)9-7-16)21(22(25)32-18)24(29)31-3/h4-12,19H,13,25H2,1-3H3. The predicted molar refractivity (Wildman–Crippen MR) is 117 cm³/mol. The number of nitrogens with zero attached hydrogens (tertiary/aromatic N) is 2. The van der Waals surface area contributed by atoms with Gasteiger partial charge in [-0.25, -0.2) is 4.79 Å². The predicted octanol–water partition coefficient (Wildman–Crippen LogP) is 2.48. The molecule has 0 radical (unpaired) electrons. The molecule has 0 bridgehead atoms. The summed E-state index contributed by atoms with van der Waals surface area (Å²) in [5.74, 6) is -0.538. The third-order valence-electron chi connectivity index (χ3n) is 5.49. The molecule has 0 aliphatic carbocycles. The Hall–Kier alpha value is -4.07. The highest BCUT2D eigenvalue weighted by atomic mass is 16.5. The average molecular weight is 433 g/mol. The molecular weight excluding hydrogens is 410 g/mol. The van der Waals surface area contributed by atoms with Gasteiger partial charge in [-0.15, -0.1) is 0 Å². The van der Waals surface area contributed by atoms with E-state index in [9.17, 15) is 9.59 Å². The van der Waals surface area contributed by atoms with E-state index in [0.717, 1.165) is 5.56 Å². The van der Waals surface area contributed by atoms with Crippen molar-refractivity contribution in [3.05, 3.63) is 99.1 Å². The van der Waals surface area contributed by atoms with E-state index in [1.165, 1.54) is 7.11 Å². The van der Waals surface area contributed by atoms with E-state index in [0.29, 0.717) is 34.9 Å². The summed E-state index contributed by atoms with van der Waals surface area (Å²) < 4.78 is 17.6. The minimum absolute atomic E-state index is 0.0825. The highest BCUT2D eigenvalue weighted by Gasteiger charge is 2.38. The van der Waals surface area contributed by atoms with Crippen molar-refractivity contribution in [3.8, 4) is 11.5 Å². The second-order valence-electron chi connectivity index (χ2n) is 7.39. The number of hydrogen-bond acceptors (Lipinski definition) is 7. The van der Waals surface area contributed by atoms with Crippen LogP contribution in [0.5, 0.6) is 11.5 Å².